The van der Waals surface area contributed by atoms with Gasteiger partial charge in [-0.1, -0.05) is 6.07 Å². The van der Waals surface area contributed by atoms with Gasteiger partial charge in [-0.05, 0) is 59.6 Å². The lowest BCUT2D eigenvalue weighted by Gasteiger charge is -2.31. The molecule has 0 unspecified atom stereocenters. The molecule has 1 aliphatic heterocycles. The molecule has 3 rings (SSSR count). The van der Waals surface area contributed by atoms with E-state index in [1.54, 1.807) is 37.5 Å². The number of carbonyl (C=O) groups is 2. The summed E-state index contributed by atoms with van der Waals surface area (Å²) < 4.78 is 35.8. The molecular formula is C23H32N4O5S. The first-order valence-corrected chi connectivity index (χ1v) is 12.7. The minimum Gasteiger partial charge on any atom is -0.462 e. The molecule has 33 heavy (non-hydrogen) atoms. The average Bonchev–Trinajstić information content (AvgIpc) is 3.04. The van der Waals surface area contributed by atoms with Gasteiger partial charge in [-0.2, -0.15) is 4.31 Å². The maximum absolute atomic E-state index is 13.8. The van der Waals surface area contributed by atoms with E-state index in [4.69, 9.17) is 4.74 Å². The van der Waals surface area contributed by atoms with Gasteiger partial charge in [0.1, 0.15) is 16.3 Å². The number of hydrogen-bond donors (Lipinski definition) is 1. The number of nitrogens with zero attached hydrogens (tertiary/aromatic N) is 3. The predicted molar refractivity (Wildman–Crippen MR) is 125 cm³/mol. The fraction of sp³-hybridized carbons (Fsp3) is 0.522. The smallest absolute Gasteiger partial charge is 0.341 e. The third kappa shape index (κ3) is 4.96. The van der Waals surface area contributed by atoms with Gasteiger partial charge in [0, 0.05) is 36.7 Å². The maximum atomic E-state index is 13.8. The van der Waals surface area contributed by atoms with Crippen LogP contribution in [0.15, 0.2) is 23.1 Å². The Morgan fingerprint density at radius 3 is 2.55 bits per heavy atom. The largest absolute Gasteiger partial charge is 0.462 e. The number of esters is 1. The monoisotopic (exact) mass is 476 g/mol. The van der Waals surface area contributed by atoms with Crippen LogP contribution in [0.5, 0.6) is 0 Å². The van der Waals surface area contributed by atoms with Crippen molar-refractivity contribution < 1.29 is 22.7 Å². The highest BCUT2D eigenvalue weighted by atomic mass is 32.2. The van der Waals surface area contributed by atoms with Crippen LogP contribution in [0, 0.1) is 26.7 Å². The molecule has 0 aliphatic carbocycles. The van der Waals surface area contributed by atoms with E-state index in [1.807, 2.05) is 19.9 Å². The lowest BCUT2D eigenvalue weighted by molar-refractivity contribution is -0.120. The van der Waals surface area contributed by atoms with Crippen molar-refractivity contribution in [3.8, 4) is 0 Å². The Morgan fingerprint density at radius 1 is 1.18 bits per heavy atom. The van der Waals surface area contributed by atoms with E-state index in [9.17, 15) is 18.0 Å². The summed E-state index contributed by atoms with van der Waals surface area (Å²) in [7, 11) is -4.03. The van der Waals surface area contributed by atoms with E-state index < -0.39 is 21.9 Å². The Morgan fingerprint density at radius 2 is 1.91 bits per heavy atom. The molecule has 0 aromatic carbocycles. The van der Waals surface area contributed by atoms with Crippen molar-refractivity contribution in [1.82, 2.24) is 13.9 Å². The first-order chi connectivity index (χ1) is 15.6. The topological polar surface area (TPSA) is 111 Å². The Labute approximate surface area is 195 Å². The molecule has 1 fully saturated rings. The lowest BCUT2D eigenvalue weighted by atomic mass is 9.99. The van der Waals surface area contributed by atoms with E-state index in [2.05, 4.69) is 10.3 Å². The summed E-state index contributed by atoms with van der Waals surface area (Å²) in [6.45, 7) is 9.82. The van der Waals surface area contributed by atoms with E-state index in [-0.39, 0.29) is 36.1 Å². The molecule has 1 amide bonds. The highest BCUT2D eigenvalue weighted by Crippen LogP contribution is 2.32. The third-order valence-corrected chi connectivity index (χ3v) is 8.04. The van der Waals surface area contributed by atoms with Gasteiger partial charge in [-0.3, -0.25) is 4.79 Å². The second kappa shape index (κ2) is 10.0. The molecule has 1 saturated heterocycles. The zero-order valence-electron chi connectivity index (χ0n) is 19.8. The van der Waals surface area contributed by atoms with Crippen LogP contribution >= 0.6 is 0 Å². The summed E-state index contributed by atoms with van der Waals surface area (Å²) in [5.74, 6) is -0.994. The molecule has 3 heterocycles. The Balaban J connectivity index is 1.91. The van der Waals surface area contributed by atoms with Crippen LogP contribution in [0.25, 0.3) is 0 Å². The molecule has 180 valence electrons. The van der Waals surface area contributed by atoms with Crippen LogP contribution in [0.3, 0.4) is 0 Å². The van der Waals surface area contributed by atoms with Crippen LogP contribution in [0.2, 0.25) is 0 Å². The molecule has 0 spiro atoms. The van der Waals surface area contributed by atoms with Gasteiger partial charge in [0.25, 0.3) is 0 Å². The number of anilines is 1. The molecule has 9 nitrogen and oxygen atoms in total. The summed E-state index contributed by atoms with van der Waals surface area (Å²) in [5.41, 5.74) is 1.91. The number of pyridine rings is 1. The third-order valence-electron chi connectivity index (χ3n) is 6.02. The number of rotatable bonds is 7. The Bertz CT molecular complexity index is 1160. The quantitative estimate of drug-likeness (QED) is 0.615. The Hall–Kier alpha value is -2.72. The molecule has 0 bridgehead atoms. The molecule has 1 atom stereocenters. The molecule has 2 aromatic heterocycles. The number of carbonyl (C=O) groups excluding carboxylic acids is 2. The van der Waals surface area contributed by atoms with Gasteiger partial charge in [-0.25, -0.2) is 18.2 Å². The fourth-order valence-electron chi connectivity index (χ4n) is 4.43. The summed E-state index contributed by atoms with van der Waals surface area (Å²) in [6, 6.07) is 5.34. The highest BCUT2D eigenvalue weighted by molar-refractivity contribution is 7.89. The van der Waals surface area contributed by atoms with Crippen molar-refractivity contribution in [1.29, 1.82) is 0 Å². The number of piperidine rings is 1. The molecule has 2 aromatic rings. The standard InChI is InChI=1S/C23H32N4O5S/c1-6-27-16(4)20(23(29)32-7-2)21(17(27)5)33(30,31)26-13-9-11-18(14-26)22(28)25-19-12-8-10-15(3)24-19/h8,10,12,18H,6-7,9,11,13-14H2,1-5H3,(H,24,25,28)/t18-/m1/s1. The van der Waals surface area contributed by atoms with Crippen molar-refractivity contribution in [2.45, 2.75) is 58.9 Å². The molecule has 1 aliphatic rings. The first-order valence-electron chi connectivity index (χ1n) is 11.2. The number of sulfonamides is 1. The zero-order valence-corrected chi connectivity index (χ0v) is 20.7. The minimum atomic E-state index is -4.03. The van der Waals surface area contributed by atoms with Gasteiger partial charge in [0.2, 0.25) is 15.9 Å². The van der Waals surface area contributed by atoms with Crippen LogP contribution in [-0.4, -0.2) is 53.8 Å². The molecule has 1 N–H and O–H groups in total. The van der Waals surface area contributed by atoms with E-state index in [1.165, 1.54) is 4.31 Å². The van der Waals surface area contributed by atoms with E-state index >= 15 is 0 Å². The van der Waals surface area contributed by atoms with Gasteiger partial charge in [0.15, 0.2) is 0 Å². The number of hydrogen-bond acceptors (Lipinski definition) is 6. The van der Waals surface area contributed by atoms with Gasteiger partial charge in [0.05, 0.1) is 12.5 Å². The minimum absolute atomic E-state index is 0.0262. The normalized spacial score (nSPS) is 17.1. The van der Waals surface area contributed by atoms with E-state index in [0.29, 0.717) is 36.6 Å². The maximum Gasteiger partial charge on any atom is 0.341 e. The second-order valence-electron chi connectivity index (χ2n) is 8.20. The van der Waals surface area contributed by atoms with Crippen molar-refractivity contribution >= 4 is 27.7 Å². The first kappa shape index (κ1) is 24.9. The molecule has 0 saturated carbocycles. The fourth-order valence-corrected chi connectivity index (χ4v) is 6.41. The highest BCUT2D eigenvalue weighted by Gasteiger charge is 2.39. The van der Waals surface area contributed by atoms with Gasteiger partial charge >= 0.3 is 5.97 Å². The lowest BCUT2D eigenvalue weighted by Crippen LogP contribution is -2.44. The van der Waals surface area contributed by atoms with E-state index in [0.717, 1.165) is 5.69 Å². The second-order valence-corrected chi connectivity index (χ2v) is 10.1. The molecule has 10 heteroatoms. The number of ether oxygens (including phenoxy) is 1. The van der Waals surface area contributed by atoms with Crippen LogP contribution in [0.4, 0.5) is 5.82 Å². The van der Waals surface area contributed by atoms with Crippen molar-refractivity contribution in [2.24, 2.45) is 5.92 Å². The Kier molecular flexibility index (Phi) is 7.58. The van der Waals surface area contributed by atoms with Gasteiger partial charge in [-0.15, -0.1) is 0 Å². The number of amides is 1. The van der Waals surface area contributed by atoms with Crippen LogP contribution in [-0.2, 0) is 26.1 Å². The predicted octanol–water partition coefficient (Wildman–Crippen LogP) is 3.04. The van der Waals surface area contributed by atoms with Crippen molar-refractivity contribution in [3.63, 3.8) is 0 Å². The number of aryl methyl sites for hydroxylation is 1. The number of aromatic nitrogens is 2. The summed E-state index contributed by atoms with van der Waals surface area (Å²) in [5, 5.41) is 2.79. The average molecular weight is 477 g/mol. The zero-order chi connectivity index (χ0) is 24.3. The van der Waals surface area contributed by atoms with Crippen molar-refractivity contribution in [2.75, 3.05) is 25.0 Å². The number of nitrogens with one attached hydrogen (secondary N) is 1. The van der Waals surface area contributed by atoms with Crippen molar-refractivity contribution in [3.05, 3.63) is 40.8 Å². The van der Waals surface area contributed by atoms with Gasteiger partial charge < -0.3 is 14.6 Å². The SMILES string of the molecule is CCOC(=O)c1c(S(=O)(=O)N2CCC[C@@H](C(=O)Nc3cccc(C)n3)C2)c(C)n(CC)c1C. The summed E-state index contributed by atoms with van der Waals surface area (Å²) in [4.78, 5) is 29.8. The molecular weight excluding hydrogens is 444 g/mol. The summed E-state index contributed by atoms with van der Waals surface area (Å²) in [6.07, 6.45) is 1.11. The summed E-state index contributed by atoms with van der Waals surface area (Å²) >= 11 is 0. The van der Waals surface area contributed by atoms with Crippen LogP contribution < -0.4 is 5.32 Å². The van der Waals surface area contributed by atoms with Crippen LogP contribution in [0.1, 0.15) is 54.1 Å². The molecule has 0 radical (unpaired) electrons.